The van der Waals surface area contributed by atoms with E-state index in [0.29, 0.717) is 12.3 Å². The quantitative estimate of drug-likeness (QED) is 0.767. The summed E-state index contributed by atoms with van der Waals surface area (Å²) in [4.78, 5) is 13.1. The van der Waals surface area contributed by atoms with Gasteiger partial charge < -0.3 is 14.7 Å². The van der Waals surface area contributed by atoms with Gasteiger partial charge in [0.2, 0.25) is 0 Å². The van der Waals surface area contributed by atoms with Gasteiger partial charge in [-0.2, -0.15) is 0 Å². The smallest absolute Gasteiger partial charge is 0.303 e. The van der Waals surface area contributed by atoms with Crippen LogP contribution in [0.1, 0.15) is 32.1 Å². The van der Waals surface area contributed by atoms with Gasteiger partial charge in [0.1, 0.15) is 0 Å². The molecule has 1 unspecified atom stereocenters. The van der Waals surface area contributed by atoms with Crippen molar-refractivity contribution in [3.63, 3.8) is 0 Å². The zero-order valence-electron chi connectivity index (χ0n) is 10.7. The Labute approximate surface area is 103 Å². The lowest BCUT2D eigenvalue weighted by molar-refractivity contribution is -0.138. The molecular weight excluding hydrogens is 218 g/mol. The molecule has 1 heterocycles. The molecule has 98 valence electrons. The second-order valence-corrected chi connectivity index (χ2v) is 5.85. The number of carbonyl (C=O) groups is 1. The summed E-state index contributed by atoms with van der Waals surface area (Å²) in [6, 6.07) is 0. The Kier molecular flexibility index (Phi) is 4.05. The van der Waals surface area contributed by atoms with E-state index in [1.54, 1.807) is 0 Å². The molecule has 1 atom stereocenters. The number of hydrogen-bond donors (Lipinski definition) is 1. The first-order valence-electron chi connectivity index (χ1n) is 6.58. The first kappa shape index (κ1) is 12.8. The molecule has 4 heteroatoms. The molecule has 1 saturated heterocycles. The van der Waals surface area contributed by atoms with Gasteiger partial charge in [-0.1, -0.05) is 0 Å². The van der Waals surface area contributed by atoms with Crippen LogP contribution in [0.5, 0.6) is 0 Å². The van der Waals surface area contributed by atoms with Crippen molar-refractivity contribution in [2.45, 2.75) is 32.1 Å². The Morgan fingerprint density at radius 1 is 1.53 bits per heavy atom. The van der Waals surface area contributed by atoms with E-state index in [0.717, 1.165) is 39.1 Å². The Hall–Kier alpha value is -0.610. The Balaban J connectivity index is 1.72. The third-order valence-corrected chi connectivity index (χ3v) is 3.91. The number of rotatable bonds is 6. The molecule has 17 heavy (non-hydrogen) atoms. The molecule has 4 nitrogen and oxygen atoms in total. The van der Waals surface area contributed by atoms with E-state index < -0.39 is 5.97 Å². The van der Waals surface area contributed by atoms with Crippen LogP contribution in [0.4, 0.5) is 0 Å². The van der Waals surface area contributed by atoms with Gasteiger partial charge in [0, 0.05) is 19.7 Å². The number of nitrogens with zero attached hydrogens (tertiary/aromatic N) is 1. The maximum Gasteiger partial charge on any atom is 0.303 e. The van der Waals surface area contributed by atoms with Gasteiger partial charge >= 0.3 is 5.97 Å². The van der Waals surface area contributed by atoms with Gasteiger partial charge in [0.25, 0.3) is 0 Å². The zero-order chi connectivity index (χ0) is 12.3. The van der Waals surface area contributed by atoms with Gasteiger partial charge in [0.05, 0.1) is 13.0 Å². The fraction of sp³-hybridized carbons (Fsp3) is 0.923. The Morgan fingerprint density at radius 3 is 2.82 bits per heavy atom. The van der Waals surface area contributed by atoms with E-state index in [2.05, 4.69) is 11.9 Å². The SMILES string of the molecule is CN(CC1CCCOC1)CC1(CC(=O)O)CC1. The maximum absolute atomic E-state index is 10.8. The zero-order valence-corrected chi connectivity index (χ0v) is 10.7. The summed E-state index contributed by atoms with van der Waals surface area (Å²) < 4.78 is 5.47. The van der Waals surface area contributed by atoms with Gasteiger partial charge in [-0.3, -0.25) is 4.79 Å². The van der Waals surface area contributed by atoms with Crippen molar-refractivity contribution >= 4 is 5.97 Å². The highest BCUT2D eigenvalue weighted by molar-refractivity contribution is 5.68. The summed E-state index contributed by atoms with van der Waals surface area (Å²) in [6.45, 7) is 3.75. The van der Waals surface area contributed by atoms with Crippen LogP contribution < -0.4 is 0 Å². The van der Waals surface area contributed by atoms with Crippen molar-refractivity contribution < 1.29 is 14.6 Å². The van der Waals surface area contributed by atoms with Crippen LogP contribution in [0.15, 0.2) is 0 Å². The molecule has 1 saturated carbocycles. The average molecular weight is 241 g/mol. The third-order valence-electron chi connectivity index (χ3n) is 3.91. The van der Waals surface area contributed by atoms with E-state index in [1.807, 2.05) is 0 Å². The number of hydrogen-bond acceptors (Lipinski definition) is 3. The van der Waals surface area contributed by atoms with Crippen LogP contribution in [0.3, 0.4) is 0 Å². The molecule has 2 rings (SSSR count). The molecule has 0 aromatic carbocycles. The average Bonchev–Trinajstić information content (AvgIpc) is 2.97. The van der Waals surface area contributed by atoms with Crippen molar-refractivity contribution in [2.75, 3.05) is 33.4 Å². The minimum atomic E-state index is -0.656. The minimum absolute atomic E-state index is 0.0795. The molecule has 0 aromatic rings. The van der Waals surface area contributed by atoms with E-state index in [4.69, 9.17) is 9.84 Å². The van der Waals surface area contributed by atoms with Crippen molar-refractivity contribution in [1.82, 2.24) is 4.90 Å². The third kappa shape index (κ3) is 3.96. The summed E-state index contributed by atoms with van der Waals surface area (Å²) in [7, 11) is 2.11. The Bertz CT molecular complexity index is 270. The van der Waals surface area contributed by atoms with E-state index in [-0.39, 0.29) is 5.41 Å². The van der Waals surface area contributed by atoms with E-state index in [9.17, 15) is 4.79 Å². The van der Waals surface area contributed by atoms with Crippen LogP contribution in [0.2, 0.25) is 0 Å². The minimum Gasteiger partial charge on any atom is -0.481 e. The van der Waals surface area contributed by atoms with Gasteiger partial charge in [-0.25, -0.2) is 0 Å². The summed E-state index contributed by atoms with van der Waals surface area (Å²) in [5.41, 5.74) is 0.0795. The second-order valence-electron chi connectivity index (χ2n) is 5.85. The van der Waals surface area contributed by atoms with Gasteiger partial charge in [-0.05, 0) is 44.1 Å². The molecular formula is C13H23NO3. The molecule has 0 radical (unpaired) electrons. The molecule has 0 spiro atoms. The lowest BCUT2D eigenvalue weighted by Gasteiger charge is -2.29. The summed E-state index contributed by atoms with van der Waals surface area (Å²) in [5, 5.41) is 8.88. The van der Waals surface area contributed by atoms with Crippen molar-refractivity contribution in [3.8, 4) is 0 Å². The standard InChI is InChI=1S/C13H23NO3/c1-14(8-11-3-2-6-17-9-11)10-13(4-5-13)7-12(15)16/h11H,2-10H2,1H3,(H,15,16). The van der Waals surface area contributed by atoms with Crippen LogP contribution in [-0.4, -0.2) is 49.3 Å². The predicted octanol–water partition coefficient (Wildman–Crippen LogP) is 1.60. The molecule has 2 fully saturated rings. The molecule has 1 N–H and O–H groups in total. The first-order valence-corrected chi connectivity index (χ1v) is 6.58. The molecule has 2 aliphatic rings. The number of carboxylic acid groups (broad SMARTS) is 1. The van der Waals surface area contributed by atoms with Crippen LogP contribution in [0, 0.1) is 11.3 Å². The fourth-order valence-electron chi connectivity index (χ4n) is 2.92. The monoisotopic (exact) mass is 241 g/mol. The number of ether oxygens (including phenoxy) is 1. The first-order chi connectivity index (χ1) is 8.10. The predicted molar refractivity (Wildman–Crippen MR) is 65.0 cm³/mol. The normalized spacial score (nSPS) is 27.1. The largest absolute Gasteiger partial charge is 0.481 e. The van der Waals surface area contributed by atoms with Crippen molar-refractivity contribution in [3.05, 3.63) is 0 Å². The van der Waals surface area contributed by atoms with Crippen LogP contribution in [0.25, 0.3) is 0 Å². The molecule has 0 amide bonds. The lowest BCUT2D eigenvalue weighted by Crippen LogP contribution is -2.35. The number of carboxylic acids is 1. The van der Waals surface area contributed by atoms with Crippen LogP contribution >= 0.6 is 0 Å². The second kappa shape index (κ2) is 5.36. The van der Waals surface area contributed by atoms with E-state index in [1.165, 1.54) is 12.8 Å². The number of aliphatic carboxylic acids is 1. The van der Waals surface area contributed by atoms with Crippen LogP contribution in [-0.2, 0) is 9.53 Å². The Morgan fingerprint density at radius 2 is 2.29 bits per heavy atom. The van der Waals surface area contributed by atoms with Crippen molar-refractivity contribution in [2.24, 2.45) is 11.3 Å². The topological polar surface area (TPSA) is 49.8 Å². The highest BCUT2D eigenvalue weighted by Crippen LogP contribution is 2.49. The lowest BCUT2D eigenvalue weighted by atomic mass is 9.99. The van der Waals surface area contributed by atoms with Gasteiger partial charge in [0.15, 0.2) is 0 Å². The molecule has 1 aliphatic carbocycles. The summed E-state index contributed by atoms with van der Waals surface area (Å²) >= 11 is 0. The summed E-state index contributed by atoms with van der Waals surface area (Å²) in [5.74, 6) is -0.0220. The molecule has 1 aliphatic heterocycles. The van der Waals surface area contributed by atoms with Gasteiger partial charge in [-0.15, -0.1) is 0 Å². The fourth-order valence-corrected chi connectivity index (χ4v) is 2.92. The highest BCUT2D eigenvalue weighted by Gasteiger charge is 2.45. The molecule has 0 bridgehead atoms. The summed E-state index contributed by atoms with van der Waals surface area (Å²) in [6.07, 6.45) is 4.89. The highest BCUT2D eigenvalue weighted by atomic mass is 16.5. The maximum atomic E-state index is 10.8. The molecule has 0 aromatic heterocycles. The van der Waals surface area contributed by atoms with Crippen molar-refractivity contribution in [1.29, 1.82) is 0 Å². The van der Waals surface area contributed by atoms with E-state index >= 15 is 0 Å².